The molecule has 0 bridgehead atoms. The predicted octanol–water partition coefficient (Wildman–Crippen LogP) is 4.73. The molecule has 37 heavy (non-hydrogen) atoms. The van der Waals surface area contributed by atoms with Crippen molar-refractivity contribution in [1.29, 1.82) is 0 Å². The van der Waals surface area contributed by atoms with Gasteiger partial charge in [0.25, 0.3) is 0 Å². The molecule has 0 amide bonds. The van der Waals surface area contributed by atoms with Crippen LogP contribution in [0.3, 0.4) is 0 Å². The molecule has 178 valence electrons. The molecule has 0 unspecified atom stereocenters. The monoisotopic (exact) mass is 483 g/mol. The molecule has 4 heterocycles. The van der Waals surface area contributed by atoms with Gasteiger partial charge in [0.05, 0.1) is 40.5 Å². The second-order valence-corrected chi connectivity index (χ2v) is 9.08. The average Bonchev–Trinajstić information content (AvgIpc) is 3.54. The van der Waals surface area contributed by atoms with E-state index in [0.717, 1.165) is 55.2 Å². The molecule has 0 aliphatic carbocycles. The summed E-state index contributed by atoms with van der Waals surface area (Å²) in [6.45, 7) is 0.612. The quantitative estimate of drug-likeness (QED) is 0.361. The van der Waals surface area contributed by atoms with Crippen LogP contribution in [0.25, 0.3) is 49.7 Å². The number of para-hydroxylation sites is 1. The van der Waals surface area contributed by atoms with Crippen LogP contribution in [0.4, 0.5) is 0 Å². The van der Waals surface area contributed by atoms with Gasteiger partial charge in [-0.15, -0.1) is 0 Å². The van der Waals surface area contributed by atoms with Gasteiger partial charge in [-0.25, -0.2) is 14.5 Å². The summed E-state index contributed by atoms with van der Waals surface area (Å²) in [5, 5.41) is 6.16. The molecule has 0 saturated heterocycles. The smallest absolute Gasteiger partial charge is 0.293 e. The number of hydrogen-bond donors (Lipinski definition) is 0. The number of hydrogen-bond acceptors (Lipinski definition) is 5. The molecular weight excluding hydrogens is 462 g/mol. The van der Waals surface area contributed by atoms with Gasteiger partial charge in [0, 0.05) is 29.6 Å². The predicted molar refractivity (Wildman–Crippen MR) is 144 cm³/mol. The third-order valence-electron chi connectivity index (χ3n) is 6.81. The van der Waals surface area contributed by atoms with Crippen molar-refractivity contribution in [1.82, 2.24) is 33.9 Å². The van der Waals surface area contributed by atoms with Crippen LogP contribution in [-0.4, -0.2) is 33.9 Å². The van der Waals surface area contributed by atoms with E-state index in [9.17, 15) is 4.79 Å². The lowest BCUT2D eigenvalue weighted by Gasteiger charge is -2.09. The first-order valence-electron chi connectivity index (χ1n) is 11.9. The highest BCUT2D eigenvalue weighted by Gasteiger charge is 2.17. The number of pyridine rings is 2. The van der Waals surface area contributed by atoms with Gasteiger partial charge in [0.15, 0.2) is 0 Å². The summed E-state index contributed by atoms with van der Waals surface area (Å²) in [6, 6.07) is 24.3. The topological polar surface area (TPSA) is 83.4 Å². The van der Waals surface area contributed by atoms with Crippen molar-refractivity contribution in [3.63, 3.8) is 0 Å². The van der Waals surface area contributed by atoms with E-state index >= 15 is 0 Å². The zero-order chi connectivity index (χ0) is 24.9. The summed E-state index contributed by atoms with van der Waals surface area (Å²) in [6.07, 6.45) is 6.87. The highest BCUT2D eigenvalue weighted by Crippen LogP contribution is 2.30. The Bertz CT molecular complexity index is 1980. The van der Waals surface area contributed by atoms with E-state index in [1.165, 1.54) is 6.33 Å². The number of fused-ring (bicyclic) bond motifs is 4. The van der Waals surface area contributed by atoms with Gasteiger partial charge < -0.3 is 0 Å². The fourth-order valence-electron chi connectivity index (χ4n) is 4.90. The Hall–Kier alpha value is -5.11. The molecule has 0 aliphatic heterocycles. The standard InChI is InChI=1S/C29H21N7O/c1-34-27-15-32-26-11-8-20(22-12-21-4-2-3-5-25(21)31-14-22)13-24(26)28(27)36(29(34)37)23-9-6-19(7-10-23)16-35-18-30-17-33-35/h2-15,17-18H,16H2,1H3. The van der Waals surface area contributed by atoms with E-state index in [4.69, 9.17) is 0 Å². The van der Waals surface area contributed by atoms with Gasteiger partial charge in [-0.3, -0.25) is 19.1 Å². The van der Waals surface area contributed by atoms with Crippen LogP contribution in [0.15, 0.2) is 103 Å². The van der Waals surface area contributed by atoms with Crippen molar-refractivity contribution < 1.29 is 0 Å². The second kappa shape index (κ2) is 8.23. The van der Waals surface area contributed by atoms with Crippen molar-refractivity contribution in [2.45, 2.75) is 6.54 Å². The van der Waals surface area contributed by atoms with Gasteiger partial charge in [0.2, 0.25) is 0 Å². The Morgan fingerprint density at radius 3 is 2.51 bits per heavy atom. The minimum absolute atomic E-state index is 0.119. The van der Waals surface area contributed by atoms with Crippen LogP contribution < -0.4 is 5.69 Å². The maximum Gasteiger partial charge on any atom is 0.333 e. The number of aromatic nitrogens is 7. The third kappa shape index (κ3) is 3.49. The van der Waals surface area contributed by atoms with E-state index in [1.54, 1.807) is 33.4 Å². The van der Waals surface area contributed by atoms with E-state index in [-0.39, 0.29) is 5.69 Å². The maximum atomic E-state index is 13.4. The molecule has 0 spiro atoms. The molecule has 7 aromatic rings. The largest absolute Gasteiger partial charge is 0.333 e. The van der Waals surface area contributed by atoms with Crippen LogP contribution in [0.5, 0.6) is 0 Å². The van der Waals surface area contributed by atoms with Crippen molar-refractivity contribution >= 4 is 32.8 Å². The fraction of sp³-hybridized carbons (Fsp3) is 0.0690. The first-order chi connectivity index (χ1) is 18.2. The Morgan fingerprint density at radius 2 is 1.68 bits per heavy atom. The van der Waals surface area contributed by atoms with Gasteiger partial charge in [-0.05, 0) is 47.5 Å². The molecule has 8 nitrogen and oxygen atoms in total. The van der Waals surface area contributed by atoms with E-state index < -0.39 is 0 Å². The van der Waals surface area contributed by atoms with Crippen LogP contribution in [0, 0.1) is 0 Å². The zero-order valence-corrected chi connectivity index (χ0v) is 20.0. The van der Waals surface area contributed by atoms with Crippen molar-refractivity contribution in [3.8, 4) is 16.8 Å². The first kappa shape index (κ1) is 21.2. The Labute approximate surface area is 211 Å². The molecule has 0 atom stereocenters. The second-order valence-electron chi connectivity index (χ2n) is 9.08. The van der Waals surface area contributed by atoms with Gasteiger partial charge in [0.1, 0.15) is 12.7 Å². The zero-order valence-electron chi connectivity index (χ0n) is 20.0. The van der Waals surface area contributed by atoms with E-state index in [1.807, 2.05) is 54.7 Å². The summed E-state index contributed by atoms with van der Waals surface area (Å²) in [7, 11) is 1.78. The van der Waals surface area contributed by atoms with Crippen molar-refractivity contribution in [2.24, 2.45) is 7.05 Å². The van der Waals surface area contributed by atoms with E-state index in [0.29, 0.717) is 6.54 Å². The molecule has 0 aliphatic rings. The van der Waals surface area contributed by atoms with Crippen molar-refractivity contribution in [2.75, 3.05) is 0 Å². The minimum Gasteiger partial charge on any atom is -0.293 e. The molecule has 0 radical (unpaired) electrons. The summed E-state index contributed by atoms with van der Waals surface area (Å²) < 4.78 is 5.18. The molecule has 4 aromatic heterocycles. The molecule has 8 heteroatoms. The lowest BCUT2D eigenvalue weighted by molar-refractivity contribution is 0.684. The molecule has 0 N–H and O–H groups in total. The normalized spacial score (nSPS) is 11.6. The van der Waals surface area contributed by atoms with E-state index in [2.05, 4.69) is 44.3 Å². The fourth-order valence-corrected chi connectivity index (χ4v) is 4.90. The minimum atomic E-state index is -0.119. The summed E-state index contributed by atoms with van der Waals surface area (Å²) in [5.74, 6) is 0. The van der Waals surface area contributed by atoms with Crippen molar-refractivity contribution in [3.05, 3.63) is 114 Å². The van der Waals surface area contributed by atoms with Gasteiger partial charge >= 0.3 is 5.69 Å². The SMILES string of the molecule is Cn1c(=O)n(-c2ccc(Cn3cncn3)cc2)c2c3cc(-c4cnc5ccccc5c4)ccc3ncc21. The third-order valence-corrected chi connectivity index (χ3v) is 6.81. The van der Waals surface area contributed by atoms with Gasteiger partial charge in [-0.1, -0.05) is 36.4 Å². The average molecular weight is 484 g/mol. The number of rotatable bonds is 4. The van der Waals surface area contributed by atoms with Gasteiger partial charge in [-0.2, -0.15) is 5.10 Å². The summed E-state index contributed by atoms with van der Waals surface area (Å²) in [4.78, 5) is 26.7. The molecule has 3 aromatic carbocycles. The number of imidazole rings is 1. The number of benzene rings is 3. The summed E-state index contributed by atoms with van der Waals surface area (Å²) >= 11 is 0. The van der Waals surface area contributed by atoms with Crippen LogP contribution in [0.2, 0.25) is 0 Å². The highest BCUT2D eigenvalue weighted by molar-refractivity contribution is 6.04. The lowest BCUT2D eigenvalue weighted by Crippen LogP contribution is -2.20. The maximum absolute atomic E-state index is 13.4. The van der Waals surface area contributed by atoms with Crippen LogP contribution in [0.1, 0.15) is 5.56 Å². The van der Waals surface area contributed by atoms with Crippen LogP contribution >= 0.6 is 0 Å². The number of nitrogens with zero attached hydrogens (tertiary/aromatic N) is 7. The summed E-state index contributed by atoms with van der Waals surface area (Å²) in [5.41, 5.74) is 7.17. The molecule has 7 rings (SSSR count). The lowest BCUT2D eigenvalue weighted by atomic mass is 10.0. The Morgan fingerprint density at radius 1 is 0.838 bits per heavy atom. The molecular formula is C29H21N7O. The first-order valence-corrected chi connectivity index (χ1v) is 11.9. The Balaban J connectivity index is 1.40. The highest BCUT2D eigenvalue weighted by atomic mass is 16.1. The van der Waals surface area contributed by atoms with Crippen LogP contribution in [-0.2, 0) is 13.6 Å². The molecule has 0 saturated carbocycles. The molecule has 0 fully saturated rings. The Kier molecular flexibility index (Phi) is 4.72. The number of aryl methyl sites for hydroxylation is 1.